The molecule has 0 aliphatic rings. The van der Waals surface area contributed by atoms with E-state index < -0.39 is 0 Å². The third-order valence-electron chi connectivity index (χ3n) is 4.08. The normalized spacial score (nSPS) is 11.1. The van der Waals surface area contributed by atoms with Gasteiger partial charge in [0.15, 0.2) is 0 Å². The van der Waals surface area contributed by atoms with Gasteiger partial charge in [-0.1, -0.05) is 0 Å². The number of hydrogen-bond donors (Lipinski definition) is 0. The van der Waals surface area contributed by atoms with Gasteiger partial charge < -0.3 is 9.47 Å². The Kier molecular flexibility index (Phi) is 3.34. The SMILES string of the molecule is COc1ccc(-c2ccc3ccc4nc(C)cn4c3n2)c(OC)c1. The predicted molar refractivity (Wildman–Crippen MR) is 93.8 cm³/mol. The molecule has 0 amide bonds. The molecule has 3 heterocycles. The molecule has 120 valence electrons. The molecule has 0 unspecified atom stereocenters. The van der Waals surface area contributed by atoms with Crippen molar-refractivity contribution in [3.8, 4) is 22.8 Å². The van der Waals surface area contributed by atoms with E-state index in [2.05, 4.69) is 11.1 Å². The average molecular weight is 319 g/mol. The van der Waals surface area contributed by atoms with E-state index in [1.165, 1.54) is 0 Å². The summed E-state index contributed by atoms with van der Waals surface area (Å²) >= 11 is 0. The minimum atomic E-state index is 0.732. The number of rotatable bonds is 3. The number of hydrogen-bond acceptors (Lipinski definition) is 4. The lowest BCUT2D eigenvalue weighted by Crippen LogP contribution is -1.95. The Hall–Kier alpha value is -3.08. The second-order valence-electron chi connectivity index (χ2n) is 5.62. The number of aryl methyl sites for hydroxylation is 1. The van der Waals surface area contributed by atoms with Gasteiger partial charge in [0.2, 0.25) is 0 Å². The zero-order chi connectivity index (χ0) is 16.7. The Bertz CT molecular complexity index is 1050. The number of methoxy groups -OCH3 is 2. The lowest BCUT2D eigenvalue weighted by Gasteiger charge is -2.11. The molecule has 0 radical (unpaired) electrons. The van der Waals surface area contributed by atoms with Gasteiger partial charge in [0.25, 0.3) is 0 Å². The van der Waals surface area contributed by atoms with Crippen LogP contribution in [-0.4, -0.2) is 28.6 Å². The smallest absolute Gasteiger partial charge is 0.146 e. The Morgan fingerprint density at radius 1 is 0.917 bits per heavy atom. The summed E-state index contributed by atoms with van der Waals surface area (Å²) in [5.74, 6) is 1.49. The molecule has 0 N–H and O–H groups in total. The summed E-state index contributed by atoms with van der Waals surface area (Å²) in [5, 5.41) is 1.07. The zero-order valence-corrected chi connectivity index (χ0v) is 13.8. The fraction of sp³-hybridized carbons (Fsp3) is 0.158. The number of aromatic nitrogens is 3. The largest absolute Gasteiger partial charge is 0.497 e. The number of ether oxygens (including phenoxy) is 2. The van der Waals surface area contributed by atoms with E-state index in [9.17, 15) is 0 Å². The van der Waals surface area contributed by atoms with E-state index in [1.807, 2.05) is 53.9 Å². The molecule has 0 saturated carbocycles. The highest BCUT2D eigenvalue weighted by molar-refractivity contribution is 5.82. The van der Waals surface area contributed by atoms with Crippen LogP contribution >= 0.6 is 0 Å². The van der Waals surface area contributed by atoms with Crippen LogP contribution in [0.1, 0.15) is 5.69 Å². The van der Waals surface area contributed by atoms with Crippen LogP contribution in [0.15, 0.2) is 48.7 Å². The van der Waals surface area contributed by atoms with Crippen molar-refractivity contribution in [2.45, 2.75) is 6.92 Å². The first kappa shape index (κ1) is 14.5. The second-order valence-corrected chi connectivity index (χ2v) is 5.62. The average Bonchev–Trinajstić information content (AvgIpc) is 3.01. The van der Waals surface area contributed by atoms with Crippen LogP contribution in [0.2, 0.25) is 0 Å². The summed E-state index contributed by atoms with van der Waals surface area (Å²) < 4.78 is 12.8. The van der Waals surface area contributed by atoms with E-state index in [-0.39, 0.29) is 0 Å². The molecule has 0 aliphatic heterocycles. The molecular weight excluding hydrogens is 302 g/mol. The topological polar surface area (TPSA) is 48.7 Å². The standard InChI is InChI=1S/C19H17N3O2/c1-12-11-22-18(20-12)9-5-13-4-8-16(21-19(13)22)15-7-6-14(23-2)10-17(15)24-3/h4-11H,1-3H3. The van der Waals surface area contributed by atoms with Crippen molar-refractivity contribution < 1.29 is 9.47 Å². The number of imidazole rings is 1. The van der Waals surface area contributed by atoms with Gasteiger partial charge in [-0.15, -0.1) is 0 Å². The van der Waals surface area contributed by atoms with Gasteiger partial charge in [0, 0.05) is 23.2 Å². The Morgan fingerprint density at radius 3 is 2.54 bits per heavy atom. The van der Waals surface area contributed by atoms with Gasteiger partial charge in [0.05, 0.1) is 25.6 Å². The van der Waals surface area contributed by atoms with Gasteiger partial charge in [0.1, 0.15) is 22.8 Å². The lowest BCUT2D eigenvalue weighted by atomic mass is 10.1. The molecule has 0 atom stereocenters. The summed E-state index contributed by atoms with van der Waals surface area (Å²) in [6, 6.07) is 13.8. The number of fused-ring (bicyclic) bond motifs is 3. The van der Waals surface area contributed by atoms with E-state index >= 15 is 0 Å². The fourth-order valence-electron chi connectivity index (χ4n) is 2.91. The maximum Gasteiger partial charge on any atom is 0.146 e. The first-order chi connectivity index (χ1) is 11.7. The summed E-state index contributed by atoms with van der Waals surface area (Å²) in [7, 11) is 3.29. The van der Waals surface area contributed by atoms with Crippen LogP contribution in [0.25, 0.3) is 27.9 Å². The summed E-state index contributed by atoms with van der Waals surface area (Å²) in [4.78, 5) is 9.36. The molecule has 0 saturated heterocycles. The van der Waals surface area contributed by atoms with E-state index in [0.29, 0.717) is 0 Å². The van der Waals surface area contributed by atoms with Gasteiger partial charge in [-0.05, 0) is 43.3 Å². The quantitative estimate of drug-likeness (QED) is 0.575. The molecule has 4 rings (SSSR count). The molecule has 0 bridgehead atoms. The number of pyridine rings is 2. The van der Waals surface area contributed by atoms with Gasteiger partial charge in [-0.25, -0.2) is 9.97 Å². The lowest BCUT2D eigenvalue weighted by molar-refractivity contribution is 0.395. The molecular formula is C19H17N3O2. The highest BCUT2D eigenvalue weighted by Crippen LogP contribution is 2.33. The predicted octanol–water partition coefficient (Wildman–Crippen LogP) is 3.88. The van der Waals surface area contributed by atoms with Gasteiger partial charge in [-0.2, -0.15) is 0 Å². The zero-order valence-electron chi connectivity index (χ0n) is 13.8. The molecule has 5 nitrogen and oxygen atoms in total. The van der Waals surface area contributed by atoms with Gasteiger partial charge >= 0.3 is 0 Å². The minimum absolute atomic E-state index is 0.732. The van der Waals surface area contributed by atoms with Crippen molar-refractivity contribution in [3.05, 3.63) is 54.4 Å². The van der Waals surface area contributed by atoms with E-state index in [4.69, 9.17) is 14.5 Å². The second kappa shape index (κ2) is 5.53. The molecule has 5 heteroatoms. The van der Waals surface area contributed by atoms with Crippen molar-refractivity contribution in [2.75, 3.05) is 14.2 Å². The first-order valence-electron chi connectivity index (χ1n) is 7.67. The Labute approximate surface area is 139 Å². The summed E-state index contributed by atoms with van der Waals surface area (Å²) in [5.41, 5.74) is 4.52. The van der Waals surface area contributed by atoms with Crippen LogP contribution in [0, 0.1) is 6.92 Å². The van der Waals surface area contributed by atoms with Crippen molar-refractivity contribution >= 4 is 16.7 Å². The number of nitrogens with zero attached hydrogens (tertiary/aromatic N) is 3. The van der Waals surface area contributed by atoms with Crippen molar-refractivity contribution in [2.24, 2.45) is 0 Å². The molecule has 1 aromatic carbocycles. The van der Waals surface area contributed by atoms with E-state index in [1.54, 1.807) is 14.2 Å². The molecule has 24 heavy (non-hydrogen) atoms. The van der Waals surface area contributed by atoms with Crippen LogP contribution in [0.3, 0.4) is 0 Å². The third-order valence-corrected chi connectivity index (χ3v) is 4.08. The van der Waals surface area contributed by atoms with E-state index in [0.717, 1.165) is 45.1 Å². The molecule has 0 fully saturated rings. The first-order valence-corrected chi connectivity index (χ1v) is 7.67. The van der Waals surface area contributed by atoms with Crippen molar-refractivity contribution in [1.82, 2.24) is 14.4 Å². The fourth-order valence-corrected chi connectivity index (χ4v) is 2.91. The maximum absolute atomic E-state index is 5.51. The highest BCUT2D eigenvalue weighted by Gasteiger charge is 2.11. The molecule has 0 spiro atoms. The van der Waals surface area contributed by atoms with Crippen molar-refractivity contribution in [1.29, 1.82) is 0 Å². The third kappa shape index (κ3) is 2.25. The Balaban J connectivity index is 1.96. The summed E-state index contributed by atoms with van der Waals surface area (Å²) in [6.07, 6.45) is 2.00. The molecule has 0 aliphatic carbocycles. The van der Waals surface area contributed by atoms with Crippen molar-refractivity contribution in [3.63, 3.8) is 0 Å². The highest BCUT2D eigenvalue weighted by atomic mass is 16.5. The Morgan fingerprint density at radius 2 is 1.75 bits per heavy atom. The minimum Gasteiger partial charge on any atom is -0.497 e. The van der Waals surface area contributed by atoms with Crippen LogP contribution in [0.5, 0.6) is 11.5 Å². The monoisotopic (exact) mass is 319 g/mol. The van der Waals surface area contributed by atoms with Crippen LogP contribution < -0.4 is 9.47 Å². The molecule has 3 aromatic heterocycles. The molecule has 4 aromatic rings. The van der Waals surface area contributed by atoms with Gasteiger partial charge in [-0.3, -0.25) is 4.40 Å². The number of benzene rings is 1. The maximum atomic E-state index is 5.51. The van der Waals surface area contributed by atoms with Crippen LogP contribution in [-0.2, 0) is 0 Å². The summed E-state index contributed by atoms with van der Waals surface area (Å²) in [6.45, 7) is 1.98. The van der Waals surface area contributed by atoms with Crippen LogP contribution in [0.4, 0.5) is 0 Å².